The van der Waals surface area contributed by atoms with Crippen molar-refractivity contribution in [1.29, 1.82) is 0 Å². The molecule has 5 rings (SSSR count). The summed E-state index contributed by atoms with van der Waals surface area (Å²) in [5.74, 6) is 2.17. The molecule has 1 aromatic rings. The fraction of sp³-hybridized carbons (Fsp3) is 0.742. The van der Waals surface area contributed by atoms with E-state index in [1.807, 2.05) is 30.3 Å². The van der Waals surface area contributed by atoms with E-state index in [1.54, 1.807) is 0 Å². The predicted molar refractivity (Wildman–Crippen MR) is 138 cm³/mol. The topological polar surface area (TPSA) is 83.8 Å². The summed E-state index contributed by atoms with van der Waals surface area (Å²) in [4.78, 5) is 25.1. The Labute approximate surface area is 216 Å². The molecule has 4 fully saturated rings. The second-order valence-corrected chi connectivity index (χ2v) is 13.1. The maximum absolute atomic E-state index is 13.9. The number of ketones is 1. The molecule has 0 spiro atoms. The van der Waals surface area contributed by atoms with Gasteiger partial charge in [-0.15, -0.1) is 0 Å². The van der Waals surface area contributed by atoms with E-state index in [-0.39, 0.29) is 29.3 Å². The molecule has 4 saturated carbocycles. The lowest BCUT2D eigenvalue weighted by Gasteiger charge is -2.60. The number of hydrogen-bond donors (Lipinski definition) is 2. The van der Waals surface area contributed by atoms with Gasteiger partial charge >= 0.3 is 5.97 Å². The van der Waals surface area contributed by atoms with Gasteiger partial charge in [0.25, 0.3) is 0 Å². The molecule has 2 N–H and O–H groups in total. The van der Waals surface area contributed by atoms with Crippen molar-refractivity contribution in [2.45, 2.75) is 97.4 Å². The number of carbonyl (C=O) groups excluding carboxylic acids is 1. The minimum atomic E-state index is -0.896. The van der Waals surface area contributed by atoms with E-state index in [9.17, 15) is 19.8 Å². The van der Waals surface area contributed by atoms with Gasteiger partial charge in [0.15, 0.2) is 6.29 Å². The lowest BCUT2D eigenvalue weighted by atomic mass is 9.44. The van der Waals surface area contributed by atoms with Gasteiger partial charge in [-0.25, -0.2) is 0 Å². The van der Waals surface area contributed by atoms with Crippen LogP contribution < -0.4 is 0 Å². The lowest BCUT2D eigenvalue weighted by Crippen LogP contribution is -2.58. The first-order chi connectivity index (χ1) is 17.1. The number of fused-ring (bicyclic) bond motifs is 5. The monoisotopic (exact) mass is 496 g/mol. The number of rotatable bonds is 7. The van der Waals surface area contributed by atoms with Crippen molar-refractivity contribution in [1.82, 2.24) is 0 Å². The molecule has 5 heteroatoms. The predicted octanol–water partition coefficient (Wildman–Crippen LogP) is 6.40. The summed E-state index contributed by atoms with van der Waals surface area (Å²) in [5.41, 5.74) is 0.829. The number of Topliss-reactive ketones (excluding diaryl/α,β-unsaturated/α-hetero) is 1. The Hall–Kier alpha value is -1.72. The first kappa shape index (κ1) is 25.9. The quantitative estimate of drug-likeness (QED) is 0.427. The maximum atomic E-state index is 13.9. The Bertz CT molecular complexity index is 961. The summed E-state index contributed by atoms with van der Waals surface area (Å²) in [5, 5.41) is 19.8. The van der Waals surface area contributed by atoms with Crippen LogP contribution in [0.15, 0.2) is 30.3 Å². The largest absolute Gasteiger partial charge is 0.481 e. The molecule has 1 aromatic carbocycles. The highest BCUT2D eigenvalue weighted by atomic mass is 16.6. The summed E-state index contributed by atoms with van der Waals surface area (Å²) in [6.45, 7) is 6.94. The molecule has 0 saturated heterocycles. The molecule has 198 valence electrons. The fourth-order valence-electron chi connectivity index (χ4n) is 9.56. The minimum Gasteiger partial charge on any atom is -0.481 e. The molecular weight excluding hydrogens is 452 g/mol. The van der Waals surface area contributed by atoms with E-state index in [1.165, 1.54) is 6.42 Å². The van der Waals surface area contributed by atoms with Crippen molar-refractivity contribution >= 4 is 11.8 Å². The van der Waals surface area contributed by atoms with Crippen LogP contribution in [0.1, 0.15) is 96.8 Å². The summed E-state index contributed by atoms with van der Waals surface area (Å²) in [6, 6.07) is 9.58. The van der Waals surface area contributed by atoms with Gasteiger partial charge in [0.1, 0.15) is 5.78 Å². The Kier molecular flexibility index (Phi) is 7.10. The van der Waals surface area contributed by atoms with Gasteiger partial charge < -0.3 is 14.9 Å². The first-order valence-corrected chi connectivity index (χ1v) is 14.3. The molecule has 36 heavy (non-hydrogen) atoms. The van der Waals surface area contributed by atoms with E-state index in [0.29, 0.717) is 48.2 Å². The van der Waals surface area contributed by atoms with E-state index in [2.05, 4.69) is 20.8 Å². The van der Waals surface area contributed by atoms with Crippen LogP contribution in [-0.2, 0) is 14.3 Å². The standard InChI is InChI=1S/C31H44O5/c1-19(9-14-27(33)34)24-12-13-25-23-11-10-21-17-22(36-29(35)20-7-5-4-6-8-20)15-16-30(21,2)28(23)26(32)18-31(24,25)3/h4-8,19,21-25,28-29,35H,9-18H2,1-3H3,(H,33,34)/t19?,21-,22-,23?,24?,25?,28?,29?,30+,31-/m1/s1. The van der Waals surface area contributed by atoms with Gasteiger partial charge in [0.05, 0.1) is 6.10 Å². The van der Waals surface area contributed by atoms with E-state index < -0.39 is 12.3 Å². The second kappa shape index (κ2) is 9.87. The van der Waals surface area contributed by atoms with E-state index in [0.717, 1.165) is 44.1 Å². The molecule has 0 aromatic heterocycles. The van der Waals surface area contributed by atoms with E-state index >= 15 is 0 Å². The molecule has 6 unspecified atom stereocenters. The number of benzene rings is 1. The van der Waals surface area contributed by atoms with Crippen LogP contribution in [0.3, 0.4) is 0 Å². The van der Waals surface area contributed by atoms with Crippen LogP contribution in [0.25, 0.3) is 0 Å². The van der Waals surface area contributed by atoms with Crippen LogP contribution in [-0.4, -0.2) is 28.1 Å². The number of aliphatic hydroxyl groups excluding tert-OH is 1. The smallest absolute Gasteiger partial charge is 0.303 e. The van der Waals surface area contributed by atoms with Crippen molar-refractivity contribution in [3.05, 3.63) is 35.9 Å². The van der Waals surface area contributed by atoms with Crippen molar-refractivity contribution in [3.63, 3.8) is 0 Å². The third kappa shape index (κ3) is 4.45. The SMILES string of the molecule is CC(CCC(=O)O)C1CCC2C3CC[C@@H]4C[C@H](OC(O)c5ccccc5)CC[C@]4(C)C3C(=O)C[C@]12C. The Morgan fingerprint density at radius 1 is 1.08 bits per heavy atom. The average Bonchev–Trinajstić information content (AvgIpc) is 3.19. The van der Waals surface area contributed by atoms with Crippen molar-refractivity contribution in [3.8, 4) is 0 Å². The van der Waals surface area contributed by atoms with Gasteiger partial charge in [-0.2, -0.15) is 0 Å². The normalized spacial score (nSPS) is 41.6. The van der Waals surface area contributed by atoms with Crippen LogP contribution in [0.2, 0.25) is 0 Å². The van der Waals surface area contributed by atoms with Crippen molar-refractivity contribution in [2.75, 3.05) is 0 Å². The second-order valence-electron chi connectivity index (χ2n) is 13.1. The zero-order valence-electron chi connectivity index (χ0n) is 22.2. The van der Waals surface area contributed by atoms with Gasteiger partial charge in [-0.05, 0) is 91.8 Å². The molecule has 5 nitrogen and oxygen atoms in total. The van der Waals surface area contributed by atoms with Gasteiger partial charge in [-0.3, -0.25) is 9.59 Å². The van der Waals surface area contributed by atoms with Crippen LogP contribution in [0.4, 0.5) is 0 Å². The summed E-state index contributed by atoms with van der Waals surface area (Å²) < 4.78 is 6.13. The third-order valence-corrected chi connectivity index (χ3v) is 11.3. The number of aliphatic hydroxyl groups is 1. The third-order valence-electron chi connectivity index (χ3n) is 11.3. The number of aliphatic carboxylic acids is 1. The molecule has 0 heterocycles. The first-order valence-electron chi connectivity index (χ1n) is 14.3. The Balaban J connectivity index is 1.28. The molecule has 0 amide bonds. The molecule has 0 aliphatic heterocycles. The molecule has 4 aliphatic rings. The summed E-state index contributed by atoms with van der Waals surface area (Å²) in [7, 11) is 0. The summed E-state index contributed by atoms with van der Waals surface area (Å²) in [6.07, 6.45) is 8.10. The zero-order chi connectivity index (χ0) is 25.7. The number of carboxylic acids is 1. The highest BCUT2D eigenvalue weighted by Crippen LogP contribution is 2.67. The minimum absolute atomic E-state index is 0.0134. The van der Waals surface area contributed by atoms with Gasteiger partial charge in [0.2, 0.25) is 0 Å². The molecule has 0 bridgehead atoms. The number of hydrogen-bond acceptors (Lipinski definition) is 4. The highest BCUT2D eigenvalue weighted by molar-refractivity contribution is 5.84. The number of carbonyl (C=O) groups is 2. The molecule has 10 atom stereocenters. The molecule has 4 aliphatic carbocycles. The van der Waals surface area contributed by atoms with Crippen LogP contribution in [0, 0.1) is 46.3 Å². The Morgan fingerprint density at radius 3 is 2.56 bits per heavy atom. The van der Waals surface area contributed by atoms with Crippen LogP contribution >= 0.6 is 0 Å². The Morgan fingerprint density at radius 2 is 1.83 bits per heavy atom. The fourth-order valence-corrected chi connectivity index (χ4v) is 9.56. The molecule has 0 radical (unpaired) electrons. The summed E-state index contributed by atoms with van der Waals surface area (Å²) >= 11 is 0. The van der Waals surface area contributed by atoms with Crippen LogP contribution in [0.5, 0.6) is 0 Å². The van der Waals surface area contributed by atoms with Gasteiger partial charge in [0, 0.05) is 24.3 Å². The zero-order valence-corrected chi connectivity index (χ0v) is 22.2. The van der Waals surface area contributed by atoms with Gasteiger partial charge in [-0.1, -0.05) is 51.1 Å². The van der Waals surface area contributed by atoms with Crippen molar-refractivity contribution in [2.24, 2.45) is 46.3 Å². The number of carboxylic acid groups (broad SMARTS) is 1. The lowest BCUT2D eigenvalue weighted by molar-refractivity contribution is -0.186. The van der Waals surface area contributed by atoms with Crippen molar-refractivity contribution < 1.29 is 24.5 Å². The average molecular weight is 497 g/mol. The maximum Gasteiger partial charge on any atom is 0.303 e. The molecular formula is C31H44O5. The van der Waals surface area contributed by atoms with E-state index in [4.69, 9.17) is 4.74 Å². The number of ether oxygens (including phenoxy) is 1. The highest BCUT2D eigenvalue weighted by Gasteiger charge is 2.63.